The van der Waals surface area contributed by atoms with E-state index in [2.05, 4.69) is 43.4 Å². The first-order chi connectivity index (χ1) is 17.5. The van der Waals surface area contributed by atoms with E-state index in [4.69, 9.17) is 0 Å². The highest BCUT2D eigenvalue weighted by Gasteiger charge is 2.32. The van der Waals surface area contributed by atoms with Crippen molar-refractivity contribution in [2.75, 3.05) is 5.75 Å². The van der Waals surface area contributed by atoms with E-state index in [0.29, 0.717) is 13.0 Å². The van der Waals surface area contributed by atoms with Crippen molar-refractivity contribution in [3.05, 3.63) is 101 Å². The molecule has 1 aliphatic carbocycles. The molecule has 0 aromatic heterocycles. The van der Waals surface area contributed by atoms with E-state index < -0.39 is 6.04 Å². The molecule has 1 unspecified atom stereocenters. The standard InChI is InChI=1S/C31H36N2O2S/c1-23-15-17-28(18-16-23)36-22-30(34)33(21-26-12-8-9-24(2)19-26)29(20-25-10-4-3-5-11-25)31(35)32-27-13-6-7-14-27/h3-5,8-12,15-19,27,29H,6-7,13-14,20-22H2,1-2H3,(H,32,35). The largest absolute Gasteiger partial charge is 0.352 e. The summed E-state index contributed by atoms with van der Waals surface area (Å²) < 4.78 is 0. The number of hydrogen-bond donors (Lipinski definition) is 1. The lowest BCUT2D eigenvalue weighted by atomic mass is 10.0. The molecule has 0 bridgehead atoms. The molecule has 0 radical (unpaired) electrons. The fraction of sp³-hybridized carbons (Fsp3) is 0.355. The van der Waals surface area contributed by atoms with Crippen LogP contribution in [-0.4, -0.2) is 34.6 Å². The lowest BCUT2D eigenvalue weighted by molar-refractivity contribution is -0.139. The van der Waals surface area contributed by atoms with Gasteiger partial charge in [-0.1, -0.05) is 90.7 Å². The molecule has 0 aliphatic heterocycles. The van der Waals surface area contributed by atoms with Crippen LogP contribution in [0.15, 0.2) is 83.8 Å². The fourth-order valence-electron chi connectivity index (χ4n) is 4.79. The molecule has 36 heavy (non-hydrogen) atoms. The van der Waals surface area contributed by atoms with Crippen molar-refractivity contribution >= 4 is 23.6 Å². The summed E-state index contributed by atoms with van der Waals surface area (Å²) in [5, 5.41) is 3.27. The van der Waals surface area contributed by atoms with E-state index in [1.165, 1.54) is 17.3 Å². The van der Waals surface area contributed by atoms with E-state index in [0.717, 1.165) is 47.3 Å². The Morgan fingerprint density at radius 2 is 1.58 bits per heavy atom. The number of nitrogens with one attached hydrogen (secondary N) is 1. The van der Waals surface area contributed by atoms with Crippen LogP contribution < -0.4 is 5.32 Å². The van der Waals surface area contributed by atoms with Gasteiger partial charge in [0.25, 0.3) is 0 Å². The van der Waals surface area contributed by atoms with Crippen LogP contribution in [0.3, 0.4) is 0 Å². The third kappa shape index (κ3) is 7.47. The Bertz CT molecular complexity index is 1140. The molecule has 3 aromatic rings. The molecule has 3 aromatic carbocycles. The zero-order chi connectivity index (χ0) is 25.3. The van der Waals surface area contributed by atoms with Crippen molar-refractivity contribution in [3.8, 4) is 0 Å². The molecule has 1 atom stereocenters. The van der Waals surface area contributed by atoms with Crippen molar-refractivity contribution < 1.29 is 9.59 Å². The van der Waals surface area contributed by atoms with Crippen molar-refractivity contribution in [2.24, 2.45) is 0 Å². The molecular formula is C31H36N2O2S. The number of carbonyl (C=O) groups excluding carboxylic acids is 2. The second-order valence-corrected chi connectivity index (χ2v) is 10.9. The van der Waals surface area contributed by atoms with Crippen LogP contribution in [0.4, 0.5) is 0 Å². The molecule has 0 saturated heterocycles. The smallest absolute Gasteiger partial charge is 0.243 e. The number of rotatable bonds is 10. The molecule has 0 heterocycles. The van der Waals surface area contributed by atoms with Gasteiger partial charge in [0.15, 0.2) is 0 Å². The van der Waals surface area contributed by atoms with E-state index in [9.17, 15) is 9.59 Å². The predicted octanol–water partition coefficient (Wildman–Crippen LogP) is 6.09. The average Bonchev–Trinajstić information content (AvgIpc) is 3.39. The topological polar surface area (TPSA) is 49.4 Å². The van der Waals surface area contributed by atoms with Gasteiger partial charge in [-0.3, -0.25) is 9.59 Å². The Morgan fingerprint density at radius 3 is 2.28 bits per heavy atom. The minimum absolute atomic E-state index is 0.0235. The van der Waals surface area contributed by atoms with Gasteiger partial charge in [0.05, 0.1) is 5.75 Å². The predicted molar refractivity (Wildman–Crippen MR) is 148 cm³/mol. The molecule has 4 nitrogen and oxygen atoms in total. The zero-order valence-corrected chi connectivity index (χ0v) is 22.1. The van der Waals surface area contributed by atoms with Crippen LogP contribution >= 0.6 is 11.8 Å². The molecule has 2 amide bonds. The number of amides is 2. The first-order valence-corrected chi connectivity index (χ1v) is 13.9. The van der Waals surface area contributed by atoms with E-state index in [-0.39, 0.29) is 23.6 Å². The highest BCUT2D eigenvalue weighted by atomic mass is 32.2. The second-order valence-electron chi connectivity index (χ2n) is 9.81. The van der Waals surface area contributed by atoms with Crippen LogP contribution in [0.25, 0.3) is 0 Å². The summed E-state index contributed by atoms with van der Waals surface area (Å²) in [4.78, 5) is 30.3. The fourth-order valence-corrected chi connectivity index (χ4v) is 5.58. The molecular weight excluding hydrogens is 464 g/mol. The minimum atomic E-state index is -0.570. The molecule has 188 valence electrons. The number of nitrogens with zero attached hydrogens (tertiary/aromatic N) is 1. The van der Waals surface area contributed by atoms with Crippen molar-refractivity contribution in [1.82, 2.24) is 10.2 Å². The molecule has 0 spiro atoms. The van der Waals surface area contributed by atoms with E-state index >= 15 is 0 Å². The monoisotopic (exact) mass is 500 g/mol. The quantitative estimate of drug-likeness (QED) is 0.343. The van der Waals surface area contributed by atoms with Crippen molar-refractivity contribution in [1.29, 1.82) is 0 Å². The third-order valence-corrected chi connectivity index (χ3v) is 7.79. The SMILES string of the molecule is Cc1ccc(SCC(=O)N(Cc2cccc(C)c2)C(Cc2ccccc2)C(=O)NC2CCCC2)cc1. The van der Waals surface area contributed by atoms with Crippen LogP contribution in [0.2, 0.25) is 0 Å². The molecule has 4 rings (SSSR count). The number of thioether (sulfide) groups is 1. The van der Waals surface area contributed by atoms with Crippen LogP contribution in [0, 0.1) is 13.8 Å². The summed E-state index contributed by atoms with van der Waals surface area (Å²) in [6.45, 7) is 4.52. The summed E-state index contributed by atoms with van der Waals surface area (Å²) in [5.74, 6) is 0.216. The molecule has 1 saturated carbocycles. The lowest BCUT2D eigenvalue weighted by Gasteiger charge is -2.32. The van der Waals surface area contributed by atoms with E-state index in [1.807, 2.05) is 54.6 Å². The Labute approximate surface area is 219 Å². The highest BCUT2D eigenvalue weighted by molar-refractivity contribution is 8.00. The highest BCUT2D eigenvalue weighted by Crippen LogP contribution is 2.23. The number of benzene rings is 3. The van der Waals surface area contributed by atoms with Gasteiger partial charge in [-0.2, -0.15) is 0 Å². The molecule has 5 heteroatoms. The maximum Gasteiger partial charge on any atom is 0.243 e. The van der Waals surface area contributed by atoms with Gasteiger partial charge in [0.1, 0.15) is 6.04 Å². The summed E-state index contributed by atoms with van der Waals surface area (Å²) in [6.07, 6.45) is 4.81. The van der Waals surface area contributed by atoms with Gasteiger partial charge in [-0.15, -0.1) is 11.8 Å². The summed E-state index contributed by atoms with van der Waals surface area (Å²) in [6, 6.07) is 26.1. The maximum atomic E-state index is 13.8. The first kappa shape index (κ1) is 26.0. The second kappa shape index (κ2) is 12.8. The number of hydrogen-bond acceptors (Lipinski definition) is 3. The Hall–Kier alpha value is -3.05. The third-order valence-electron chi connectivity index (χ3n) is 6.79. The minimum Gasteiger partial charge on any atom is -0.352 e. The van der Waals surface area contributed by atoms with Crippen molar-refractivity contribution in [2.45, 2.75) is 69.5 Å². The summed E-state index contributed by atoms with van der Waals surface area (Å²) in [7, 11) is 0. The average molecular weight is 501 g/mol. The normalized spacial score (nSPS) is 14.4. The lowest BCUT2D eigenvalue weighted by Crippen LogP contribution is -2.52. The van der Waals surface area contributed by atoms with Crippen LogP contribution in [0.5, 0.6) is 0 Å². The van der Waals surface area contributed by atoms with Gasteiger partial charge < -0.3 is 10.2 Å². The Morgan fingerprint density at radius 1 is 0.889 bits per heavy atom. The van der Waals surface area contributed by atoms with Gasteiger partial charge in [0.2, 0.25) is 11.8 Å². The maximum absolute atomic E-state index is 13.8. The molecule has 1 N–H and O–H groups in total. The summed E-state index contributed by atoms with van der Waals surface area (Å²) in [5.41, 5.74) is 4.43. The summed E-state index contributed by atoms with van der Waals surface area (Å²) >= 11 is 1.52. The van der Waals surface area contributed by atoms with E-state index in [1.54, 1.807) is 4.90 Å². The first-order valence-electron chi connectivity index (χ1n) is 12.9. The van der Waals surface area contributed by atoms with Crippen LogP contribution in [-0.2, 0) is 22.6 Å². The number of aryl methyl sites for hydroxylation is 2. The van der Waals surface area contributed by atoms with Crippen LogP contribution in [0.1, 0.15) is 47.9 Å². The number of carbonyl (C=O) groups is 2. The molecule has 1 fully saturated rings. The van der Waals surface area contributed by atoms with Gasteiger partial charge in [-0.25, -0.2) is 0 Å². The Kier molecular flexibility index (Phi) is 9.23. The van der Waals surface area contributed by atoms with Crippen molar-refractivity contribution in [3.63, 3.8) is 0 Å². The zero-order valence-electron chi connectivity index (χ0n) is 21.3. The van der Waals surface area contributed by atoms with Gasteiger partial charge in [0, 0.05) is 23.9 Å². The molecule has 1 aliphatic rings. The van der Waals surface area contributed by atoms with Gasteiger partial charge in [-0.05, 0) is 49.9 Å². The van der Waals surface area contributed by atoms with Gasteiger partial charge >= 0.3 is 0 Å². The Balaban J connectivity index is 1.60.